The zero-order chi connectivity index (χ0) is 12.3. The molecule has 1 heterocycles. The first-order valence-corrected chi connectivity index (χ1v) is 6.21. The summed E-state index contributed by atoms with van der Waals surface area (Å²) in [5, 5.41) is 8.77. The Morgan fingerprint density at radius 3 is 2.71 bits per heavy atom. The molecule has 1 saturated heterocycles. The van der Waals surface area contributed by atoms with Crippen molar-refractivity contribution >= 4 is 5.69 Å². The summed E-state index contributed by atoms with van der Waals surface area (Å²) >= 11 is 0. The van der Waals surface area contributed by atoms with E-state index in [1.54, 1.807) is 0 Å². The van der Waals surface area contributed by atoms with Gasteiger partial charge in [-0.05, 0) is 49.9 Å². The molecule has 1 fully saturated rings. The quantitative estimate of drug-likeness (QED) is 0.845. The molecule has 2 rings (SSSR count). The fourth-order valence-electron chi connectivity index (χ4n) is 2.42. The Morgan fingerprint density at radius 2 is 2.12 bits per heavy atom. The van der Waals surface area contributed by atoms with Crippen molar-refractivity contribution in [2.75, 3.05) is 18.0 Å². The maximum Gasteiger partial charge on any atom is 0.0991 e. The second kappa shape index (κ2) is 5.20. The fraction of sp³-hybridized carbons (Fsp3) is 0.500. The first-order valence-electron chi connectivity index (χ1n) is 6.21. The average Bonchev–Trinajstić information content (AvgIpc) is 2.39. The summed E-state index contributed by atoms with van der Waals surface area (Å²) in [4.78, 5) is 2.37. The summed E-state index contributed by atoms with van der Waals surface area (Å²) in [6, 6.07) is 10.2. The largest absolute Gasteiger partial charge is 0.371 e. The predicted molar refractivity (Wildman–Crippen MR) is 69.7 cm³/mol. The maximum absolute atomic E-state index is 8.77. The van der Waals surface area contributed by atoms with Crippen molar-refractivity contribution in [1.29, 1.82) is 5.26 Å². The Kier molecular flexibility index (Phi) is 3.65. The van der Waals surface area contributed by atoms with Crippen LogP contribution in [0, 0.1) is 17.2 Å². The Labute approximate surface area is 103 Å². The third-order valence-electron chi connectivity index (χ3n) is 3.56. The Bertz CT molecular complexity index is 402. The van der Waals surface area contributed by atoms with E-state index in [9.17, 15) is 0 Å². The Hall–Kier alpha value is -1.53. The molecule has 2 unspecified atom stereocenters. The number of hydrogen-bond acceptors (Lipinski definition) is 3. The highest BCUT2D eigenvalue weighted by Gasteiger charge is 2.22. The van der Waals surface area contributed by atoms with Gasteiger partial charge in [0.05, 0.1) is 11.6 Å². The Balaban J connectivity index is 2.08. The van der Waals surface area contributed by atoms with Crippen LogP contribution in [-0.4, -0.2) is 19.1 Å². The van der Waals surface area contributed by atoms with Crippen LogP contribution in [0.15, 0.2) is 24.3 Å². The van der Waals surface area contributed by atoms with E-state index in [4.69, 9.17) is 11.0 Å². The topological polar surface area (TPSA) is 53.0 Å². The molecule has 17 heavy (non-hydrogen) atoms. The van der Waals surface area contributed by atoms with Gasteiger partial charge in [-0.1, -0.05) is 0 Å². The van der Waals surface area contributed by atoms with E-state index in [2.05, 4.69) is 17.9 Å². The fourth-order valence-corrected chi connectivity index (χ4v) is 2.42. The number of nitriles is 1. The highest BCUT2D eigenvalue weighted by Crippen LogP contribution is 2.24. The van der Waals surface area contributed by atoms with Crippen molar-refractivity contribution in [2.24, 2.45) is 11.7 Å². The molecule has 2 atom stereocenters. The third-order valence-corrected chi connectivity index (χ3v) is 3.56. The smallest absolute Gasteiger partial charge is 0.0991 e. The first kappa shape index (κ1) is 11.9. The minimum atomic E-state index is 0.260. The number of nitrogens with zero attached hydrogens (tertiary/aromatic N) is 2. The van der Waals surface area contributed by atoms with Crippen LogP contribution >= 0.6 is 0 Å². The van der Waals surface area contributed by atoms with Crippen molar-refractivity contribution in [2.45, 2.75) is 25.8 Å². The summed E-state index contributed by atoms with van der Waals surface area (Å²) in [6.07, 6.45) is 2.43. The van der Waals surface area contributed by atoms with E-state index in [1.807, 2.05) is 24.3 Å². The van der Waals surface area contributed by atoms with Gasteiger partial charge >= 0.3 is 0 Å². The zero-order valence-electron chi connectivity index (χ0n) is 10.3. The van der Waals surface area contributed by atoms with Gasteiger partial charge in [-0.2, -0.15) is 5.26 Å². The van der Waals surface area contributed by atoms with Crippen LogP contribution in [0.25, 0.3) is 0 Å². The number of nitrogens with two attached hydrogens (primary N) is 1. The van der Waals surface area contributed by atoms with Crippen molar-refractivity contribution in [3.05, 3.63) is 29.8 Å². The van der Waals surface area contributed by atoms with Gasteiger partial charge in [-0.25, -0.2) is 0 Å². The average molecular weight is 229 g/mol. The lowest BCUT2D eigenvalue weighted by molar-refractivity contribution is 0.364. The van der Waals surface area contributed by atoms with Gasteiger partial charge in [-0.15, -0.1) is 0 Å². The molecule has 0 saturated carbocycles. The monoisotopic (exact) mass is 229 g/mol. The summed E-state index contributed by atoms with van der Waals surface area (Å²) in [6.45, 7) is 4.21. The molecule has 0 amide bonds. The van der Waals surface area contributed by atoms with E-state index in [-0.39, 0.29) is 6.04 Å². The maximum atomic E-state index is 8.77. The third kappa shape index (κ3) is 2.78. The van der Waals surface area contributed by atoms with Crippen molar-refractivity contribution in [3.8, 4) is 6.07 Å². The SMILES string of the molecule is CC(N)C1CCCN(c2ccc(C#N)cc2)C1. The standard InChI is InChI=1S/C14H19N3/c1-11(16)13-3-2-8-17(10-13)14-6-4-12(9-15)5-7-14/h4-7,11,13H,2-3,8,10,16H2,1H3. The second-order valence-electron chi connectivity index (χ2n) is 4.87. The van der Waals surface area contributed by atoms with Gasteiger partial charge in [0.25, 0.3) is 0 Å². The van der Waals surface area contributed by atoms with E-state index < -0.39 is 0 Å². The van der Waals surface area contributed by atoms with Crippen LogP contribution in [0.2, 0.25) is 0 Å². The van der Waals surface area contributed by atoms with Crippen molar-refractivity contribution in [1.82, 2.24) is 0 Å². The summed E-state index contributed by atoms with van der Waals surface area (Å²) in [5.41, 5.74) is 7.90. The van der Waals surface area contributed by atoms with E-state index in [0.29, 0.717) is 5.92 Å². The number of piperidine rings is 1. The van der Waals surface area contributed by atoms with Crippen LogP contribution in [-0.2, 0) is 0 Å². The Morgan fingerprint density at radius 1 is 1.41 bits per heavy atom. The second-order valence-corrected chi connectivity index (χ2v) is 4.87. The predicted octanol–water partition coefficient (Wildman–Crippen LogP) is 2.12. The van der Waals surface area contributed by atoms with Crippen LogP contribution in [0.4, 0.5) is 5.69 Å². The van der Waals surface area contributed by atoms with Crippen LogP contribution in [0.1, 0.15) is 25.3 Å². The normalized spacial score (nSPS) is 21.9. The van der Waals surface area contributed by atoms with Gasteiger partial charge in [0.1, 0.15) is 0 Å². The van der Waals surface area contributed by atoms with Gasteiger partial charge in [0.15, 0.2) is 0 Å². The molecule has 0 aromatic heterocycles. The molecule has 0 bridgehead atoms. The van der Waals surface area contributed by atoms with E-state index in [1.165, 1.54) is 18.5 Å². The molecular formula is C14H19N3. The van der Waals surface area contributed by atoms with Gasteiger partial charge in [-0.3, -0.25) is 0 Å². The van der Waals surface area contributed by atoms with Crippen LogP contribution in [0.3, 0.4) is 0 Å². The number of hydrogen-bond donors (Lipinski definition) is 1. The summed E-state index contributed by atoms with van der Waals surface area (Å²) in [5.74, 6) is 0.583. The molecule has 3 heteroatoms. The number of benzene rings is 1. The van der Waals surface area contributed by atoms with Crippen LogP contribution < -0.4 is 10.6 Å². The molecule has 0 radical (unpaired) electrons. The molecule has 1 aromatic carbocycles. The molecule has 0 aliphatic carbocycles. The number of rotatable bonds is 2. The minimum Gasteiger partial charge on any atom is -0.371 e. The number of anilines is 1. The van der Waals surface area contributed by atoms with Crippen molar-refractivity contribution in [3.63, 3.8) is 0 Å². The highest BCUT2D eigenvalue weighted by atomic mass is 15.1. The van der Waals surface area contributed by atoms with Crippen molar-refractivity contribution < 1.29 is 0 Å². The molecular weight excluding hydrogens is 210 g/mol. The van der Waals surface area contributed by atoms with E-state index >= 15 is 0 Å². The van der Waals surface area contributed by atoms with Gasteiger partial charge in [0.2, 0.25) is 0 Å². The lowest BCUT2D eigenvalue weighted by atomic mass is 9.92. The molecule has 90 valence electrons. The molecule has 1 aliphatic rings. The molecule has 1 aliphatic heterocycles. The molecule has 0 spiro atoms. The molecule has 3 nitrogen and oxygen atoms in total. The first-order chi connectivity index (χ1) is 8.20. The highest BCUT2D eigenvalue weighted by molar-refractivity contribution is 5.50. The minimum absolute atomic E-state index is 0.260. The lowest BCUT2D eigenvalue weighted by Crippen LogP contribution is -2.42. The van der Waals surface area contributed by atoms with Crippen LogP contribution in [0.5, 0.6) is 0 Å². The van der Waals surface area contributed by atoms with Gasteiger partial charge < -0.3 is 10.6 Å². The zero-order valence-corrected chi connectivity index (χ0v) is 10.3. The summed E-state index contributed by atoms with van der Waals surface area (Å²) in [7, 11) is 0. The molecule has 2 N–H and O–H groups in total. The molecule has 1 aromatic rings. The summed E-state index contributed by atoms with van der Waals surface area (Å²) < 4.78 is 0. The van der Waals surface area contributed by atoms with Gasteiger partial charge in [0, 0.05) is 24.8 Å². The lowest BCUT2D eigenvalue weighted by Gasteiger charge is -2.36. The van der Waals surface area contributed by atoms with E-state index in [0.717, 1.165) is 18.7 Å².